The van der Waals surface area contributed by atoms with Crippen LogP contribution in [0.1, 0.15) is 82.1 Å². The Balaban J connectivity index is 1.43. The highest BCUT2D eigenvalue weighted by molar-refractivity contribution is 5.97. The van der Waals surface area contributed by atoms with E-state index in [-0.39, 0.29) is 18.0 Å². The van der Waals surface area contributed by atoms with Crippen molar-refractivity contribution in [1.82, 2.24) is 19.8 Å². The van der Waals surface area contributed by atoms with Gasteiger partial charge in [-0.3, -0.25) is 4.79 Å². The summed E-state index contributed by atoms with van der Waals surface area (Å²) in [5.74, 6) is 0.475. The minimum Gasteiger partial charge on any atom is -0.444 e. The lowest BCUT2D eigenvalue weighted by atomic mass is 9.86. The number of imidazole rings is 1. The number of hydrogen-bond acceptors (Lipinski definition) is 5. The van der Waals surface area contributed by atoms with E-state index in [0.717, 1.165) is 36.7 Å². The van der Waals surface area contributed by atoms with Crippen molar-refractivity contribution >= 4 is 29.0 Å². The molecule has 2 saturated carbocycles. The zero-order chi connectivity index (χ0) is 23.0. The van der Waals surface area contributed by atoms with Gasteiger partial charge in [-0.25, -0.2) is 9.78 Å². The molecule has 0 bridgehead atoms. The molecular weight excluding hydrogens is 406 g/mol. The van der Waals surface area contributed by atoms with Gasteiger partial charge in [0.25, 0.3) is 5.91 Å². The van der Waals surface area contributed by atoms with Crippen LogP contribution in [0.25, 0.3) is 11.0 Å². The number of amides is 2. The van der Waals surface area contributed by atoms with Crippen LogP contribution in [0.3, 0.4) is 0 Å². The summed E-state index contributed by atoms with van der Waals surface area (Å²) in [4.78, 5) is 31.4. The molecule has 2 aliphatic carbocycles. The monoisotopic (exact) mass is 441 g/mol. The van der Waals surface area contributed by atoms with Gasteiger partial charge in [0.05, 0.1) is 11.0 Å². The van der Waals surface area contributed by atoms with Crippen LogP contribution in [0.5, 0.6) is 0 Å². The van der Waals surface area contributed by atoms with Crippen molar-refractivity contribution in [2.24, 2.45) is 0 Å². The fourth-order valence-corrected chi connectivity index (χ4v) is 4.86. The van der Waals surface area contributed by atoms with Crippen molar-refractivity contribution in [2.75, 3.05) is 12.8 Å². The van der Waals surface area contributed by atoms with Gasteiger partial charge in [-0.05, 0) is 64.7 Å². The minimum absolute atomic E-state index is 0.0391. The molecule has 8 heteroatoms. The molecule has 0 unspecified atom stereocenters. The van der Waals surface area contributed by atoms with Crippen molar-refractivity contribution < 1.29 is 14.3 Å². The summed E-state index contributed by atoms with van der Waals surface area (Å²) in [5, 5.41) is 2.91. The van der Waals surface area contributed by atoms with Crippen LogP contribution < -0.4 is 11.1 Å². The molecule has 0 saturated heterocycles. The maximum atomic E-state index is 13.0. The van der Waals surface area contributed by atoms with Crippen molar-refractivity contribution in [3.05, 3.63) is 23.8 Å². The zero-order valence-electron chi connectivity index (χ0n) is 19.6. The van der Waals surface area contributed by atoms with Gasteiger partial charge >= 0.3 is 6.09 Å². The summed E-state index contributed by atoms with van der Waals surface area (Å²) >= 11 is 0. The standard InChI is InChI=1S/C24H35N5O3/c1-24(2,3)32-23(31)26-16-13-18(14-16)29-20-11-10-15(12-19(20)27-22(29)25)21(30)28(4)17-8-6-5-7-9-17/h10-12,16-18H,5-9,13-14H2,1-4H3,(H2,25,27)(H,26,31)/t16-,18+. The van der Waals surface area contributed by atoms with Crippen molar-refractivity contribution in [2.45, 2.75) is 89.4 Å². The molecule has 2 aromatic rings. The molecule has 0 spiro atoms. The van der Waals surface area contributed by atoms with Gasteiger partial charge in [-0.2, -0.15) is 0 Å². The number of carbonyl (C=O) groups is 2. The van der Waals surface area contributed by atoms with Gasteiger partial charge in [0.1, 0.15) is 5.60 Å². The number of alkyl carbamates (subject to hydrolysis) is 1. The Bertz CT molecular complexity index is 997. The number of anilines is 1. The summed E-state index contributed by atoms with van der Waals surface area (Å²) in [7, 11) is 1.90. The number of nitrogen functional groups attached to an aromatic ring is 1. The lowest BCUT2D eigenvalue weighted by Crippen LogP contribution is -2.46. The fraction of sp³-hybridized carbons (Fsp3) is 0.625. The van der Waals surface area contributed by atoms with Gasteiger partial charge in [0.15, 0.2) is 0 Å². The summed E-state index contributed by atoms with van der Waals surface area (Å²) in [6.45, 7) is 5.54. The van der Waals surface area contributed by atoms with E-state index in [1.807, 2.05) is 55.5 Å². The fourth-order valence-electron chi connectivity index (χ4n) is 4.86. The highest BCUT2D eigenvalue weighted by Crippen LogP contribution is 2.37. The molecule has 8 nitrogen and oxygen atoms in total. The Morgan fingerprint density at radius 3 is 2.53 bits per heavy atom. The number of rotatable bonds is 4. The number of hydrogen-bond donors (Lipinski definition) is 2. The van der Waals surface area contributed by atoms with E-state index < -0.39 is 11.7 Å². The third-order valence-electron chi connectivity index (χ3n) is 6.61. The molecule has 2 fully saturated rings. The topological polar surface area (TPSA) is 102 Å². The second-order valence-corrected chi connectivity index (χ2v) is 10.2. The molecule has 1 heterocycles. The molecule has 32 heavy (non-hydrogen) atoms. The second kappa shape index (κ2) is 8.64. The first kappa shape index (κ1) is 22.4. The first-order valence-corrected chi connectivity index (χ1v) is 11.7. The van der Waals surface area contributed by atoms with E-state index >= 15 is 0 Å². The molecule has 4 rings (SSSR count). The molecule has 3 N–H and O–H groups in total. The summed E-state index contributed by atoms with van der Waals surface area (Å²) in [5.41, 5.74) is 8.02. The van der Waals surface area contributed by atoms with Crippen LogP contribution in [0, 0.1) is 0 Å². The number of nitrogens with two attached hydrogens (primary N) is 1. The number of ether oxygens (including phenoxy) is 1. The van der Waals surface area contributed by atoms with E-state index in [1.54, 1.807) is 0 Å². The molecular formula is C24H35N5O3. The number of benzene rings is 1. The molecule has 2 amide bonds. The van der Waals surface area contributed by atoms with Gasteiger partial charge < -0.3 is 25.3 Å². The largest absolute Gasteiger partial charge is 0.444 e. The SMILES string of the molecule is CN(C(=O)c1ccc2c(c1)nc(N)n2[C@H]1C[C@@H](NC(=O)OC(C)(C)C)C1)C1CCCCC1. The second-order valence-electron chi connectivity index (χ2n) is 10.2. The quantitative estimate of drug-likeness (QED) is 0.738. The van der Waals surface area contributed by atoms with Crippen LogP contribution in [0.15, 0.2) is 18.2 Å². The third kappa shape index (κ3) is 4.69. The average molecular weight is 442 g/mol. The lowest BCUT2D eigenvalue weighted by molar-refractivity contribution is 0.0458. The Morgan fingerprint density at radius 2 is 1.88 bits per heavy atom. The van der Waals surface area contributed by atoms with E-state index in [1.165, 1.54) is 19.3 Å². The van der Waals surface area contributed by atoms with Crippen LogP contribution in [-0.2, 0) is 4.74 Å². The molecule has 1 aromatic heterocycles. The van der Waals surface area contributed by atoms with Gasteiger partial charge in [-0.1, -0.05) is 19.3 Å². The van der Waals surface area contributed by atoms with Crippen molar-refractivity contribution in [3.8, 4) is 0 Å². The van der Waals surface area contributed by atoms with E-state index in [4.69, 9.17) is 10.5 Å². The molecule has 0 aliphatic heterocycles. The van der Waals surface area contributed by atoms with E-state index in [0.29, 0.717) is 17.6 Å². The normalized spacial score (nSPS) is 21.8. The maximum absolute atomic E-state index is 13.0. The predicted molar refractivity (Wildman–Crippen MR) is 125 cm³/mol. The number of aromatic nitrogens is 2. The number of nitrogens with one attached hydrogen (secondary N) is 1. The van der Waals surface area contributed by atoms with Crippen molar-refractivity contribution in [3.63, 3.8) is 0 Å². The van der Waals surface area contributed by atoms with Crippen molar-refractivity contribution in [1.29, 1.82) is 0 Å². The van der Waals surface area contributed by atoms with E-state index in [2.05, 4.69) is 10.3 Å². The highest BCUT2D eigenvalue weighted by Gasteiger charge is 2.35. The molecule has 174 valence electrons. The summed E-state index contributed by atoms with van der Waals surface area (Å²) in [6.07, 6.45) is 6.92. The van der Waals surface area contributed by atoms with Gasteiger partial charge in [0.2, 0.25) is 5.95 Å². The zero-order valence-corrected chi connectivity index (χ0v) is 19.6. The Kier molecular flexibility index (Phi) is 6.05. The maximum Gasteiger partial charge on any atom is 0.407 e. The van der Waals surface area contributed by atoms with Crippen LogP contribution >= 0.6 is 0 Å². The smallest absolute Gasteiger partial charge is 0.407 e. The Labute approximate surface area is 189 Å². The third-order valence-corrected chi connectivity index (χ3v) is 6.61. The minimum atomic E-state index is -0.515. The highest BCUT2D eigenvalue weighted by atomic mass is 16.6. The predicted octanol–water partition coefficient (Wildman–Crippen LogP) is 4.25. The van der Waals surface area contributed by atoms with Crippen LogP contribution in [0.2, 0.25) is 0 Å². The average Bonchev–Trinajstić information content (AvgIpc) is 3.03. The first-order chi connectivity index (χ1) is 15.1. The Hall–Kier alpha value is -2.77. The lowest BCUT2D eigenvalue weighted by Gasteiger charge is -2.37. The molecule has 0 radical (unpaired) electrons. The number of carbonyl (C=O) groups excluding carboxylic acids is 2. The molecule has 0 atom stereocenters. The Morgan fingerprint density at radius 1 is 1.19 bits per heavy atom. The van der Waals surface area contributed by atoms with Gasteiger partial charge in [0, 0.05) is 30.7 Å². The van der Waals surface area contributed by atoms with E-state index in [9.17, 15) is 9.59 Å². The first-order valence-electron chi connectivity index (χ1n) is 11.7. The van der Waals surface area contributed by atoms with Crippen LogP contribution in [-0.4, -0.2) is 51.2 Å². The number of fused-ring (bicyclic) bond motifs is 1. The molecule has 2 aliphatic rings. The molecule has 1 aromatic carbocycles. The number of nitrogens with zero attached hydrogens (tertiary/aromatic N) is 3. The van der Waals surface area contributed by atoms with Gasteiger partial charge in [-0.15, -0.1) is 0 Å². The summed E-state index contributed by atoms with van der Waals surface area (Å²) < 4.78 is 7.35. The summed E-state index contributed by atoms with van der Waals surface area (Å²) in [6, 6.07) is 6.19. The van der Waals surface area contributed by atoms with Crippen LogP contribution in [0.4, 0.5) is 10.7 Å².